The molecule has 1 aromatic carbocycles. The standard InChI is InChI=1S/C16H17N5O4/c1-3-25-15(24)10-4-6-11(7-5-10)18-13(22)8-12-14(23)19-16-17-9(2)20-21(12)16/h4-7,12H,3,8H2,1-2H3,(H,18,22)(H,17,19,20,23)/t12-/m1/s1. The van der Waals surface area contributed by atoms with Gasteiger partial charge in [-0.3, -0.25) is 14.9 Å². The van der Waals surface area contributed by atoms with Gasteiger partial charge in [0.1, 0.15) is 11.9 Å². The molecule has 0 fully saturated rings. The molecule has 0 unspecified atom stereocenters. The Morgan fingerprint density at radius 3 is 2.72 bits per heavy atom. The molecule has 0 aliphatic carbocycles. The number of fused-ring (bicyclic) bond motifs is 1. The van der Waals surface area contributed by atoms with E-state index in [1.165, 1.54) is 4.68 Å². The summed E-state index contributed by atoms with van der Waals surface area (Å²) in [6.45, 7) is 3.73. The molecule has 0 radical (unpaired) electrons. The summed E-state index contributed by atoms with van der Waals surface area (Å²) in [5.74, 6) is -0.209. The molecule has 2 amide bonds. The quantitative estimate of drug-likeness (QED) is 0.790. The van der Waals surface area contributed by atoms with Crippen LogP contribution in [0.15, 0.2) is 24.3 Å². The first-order valence-electron chi connectivity index (χ1n) is 7.79. The van der Waals surface area contributed by atoms with E-state index in [9.17, 15) is 14.4 Å². The van der Waals surface area contributed by atoms with Crippen LogP contribution in [0.2, 0.25) is 0 Å². The average Bonchev–Trinajstić information content (AvgIpc) is 3.05. The minimum atomic E-state index is -0.727. The molecule has 130 valence electrons. The van der Waals surface area contributed by atoms with Gasteiger partial charge < -0.3 is 10.1 Å². The van der Waals surface area contributed by atoms with E-state index in [-0.39, 0.29) is 18.2 Å². The Morgan fingerprint density at radius 2 is 2.04 bits per heavy atom. The summed E-state index contributed by atoms with van der Waals surface area (Å²) >= 11 is 0. The van der Waals surface area contributed by atoms with Crippen LogP contribution in [0.4, 0.5) is 11.6 Å². The second-order valence-electron chi connectivity index (χ2n) is 5.48. The lowest BCUT2D eigenvalue weighted by atomic mass is 10.1. The molecule has 0 saturated heterocycles. The number of hydrogen-bond donors (Lipinski definition) is 2. The molecule has 0 bridgehead atoms. The molecule has 1 aliphatic heterocycles. The maximum absolute atomic E-state index is 12.2. The van der Waals surface area contributed by atoms with Crippen molar-refractivity contribution < 1.29 is 19.1 Å². The third-order valence-electron chi connectivity index (χ3n) is 3.63. The number of anilines is 2. The predicted octanol–water partition coefficient (Wildman–Crippen LogP) is 1.29. The number of rotatable bonds is 5. The fourth-order valence-corrected chi connectivity index (χ4v) is 2.51. The zero-order chi connectivity index (χ0) is 18.0. The van der Waals surface area contributed by atoms with Crippen molar-refractivity contribution in [3.05, 3.63) is 35.7 Å². The SMILES string of the molecule is CCOC(=O)c1ccc(NC(=O)C[C@@H]2C(=O)Nc3nc(C)nn32)cc1. The van der Waals surface area contributed by atoms with Crippen molar-refractivity contribution in [1.29, 1.82) is 0 Å². The lowest BCUT2D eigenvalue weighted by Crippen LogP contribution is -2.23. The van der Waals surface area contributed by atoms with Gasteiger partial charge in [-0.15, -0.1) is 0 Å². The number of hydrogen-bond acceptors (Lipinski definition) is 6. The number of esters is 1. The third-order valence-corrected chi connectivity index (χ3v) is 3.63. The molecule has 2 N–H and O–H groups in total. The Balaban J connectivity index is 1.63. The molecule has 2 aromatic rings. The second-order valence-corrected chi connectivity index (χ2v) is 5.48. The van der Waals surface area contributed by atoms with Crippen LogP contribution < -0.4 is 10.6 Å². The van der Waals surface area contributed by atoms with Gasteiger partial charge in [0.15, 0.2) is 0 Å². The number of carbonyl (C=O) groups excluding carboxylic acids is 3. The van der Waals surface area contributed by atoms with E-state index >= 15 is 0 Å². The number of carbonyl (C=O) groups is 3. The van der Waals surface area contributed by atoms with Crippen LogP contribution in [0.3, 0.4) is 0 Å². The maximum atomic E-state index is 12.2. The van der Waals surface area contributed by atoms with Crippen LogP contribution in [0.5, 0.6) is 0 Å². The minimum absolute atomic E-state index is 0.0682. The lowest BCUT2D eigenvalue weighted by Gasteiger charge is -2.10. The number of aryl methyl sites for hydroxylation is 1. The average molecular weight is 343 g/mol. The van der Waals surface area contributed by atoms with Crippen molar-refractivity contribution in [1.82, 2.24) is 14.8 Å². The van der Waals surface area contributed by atoms with Gasteiger partial charge >= 0.3 is 5.97 Å². The third kappa shape index (κ3) is 3.49. The van der Waals surface area contributed by atoms with E-state index in [4.69, 9.17) is 4.74 Å². The Hall–Kier alpha value is -3.23. The Bertz CT molecular complexity index is 828. The van der Waals surface area contributed by atoms with Crippen molar-refractivity contribution in [3.8, 4) is 0 Å². The van der Waals surface area contributed by atoms with Gasteiger partial charge in [0.05, 0.1) is 18.6 Å². The second kappa shape index (κ2) is 6.71. The Morgan fingerprint density at radius 1 is 1.32 bits per heavy atom. The van der Waals surface area contributed by atoms with Gasteiger partial charge in [0.2, 0.25) is 11.9 Å². The van der Waals surface area contributed by atoms with E-state index in [0.29, 0.717) is 29.6 Å². The van der Waals surface area contributed by atoms with Gasteiger partial charge in [-0.2, -0.15) is 10.1 Å². The molecule has 0 saturated carbocycles. The normalized spacial score (nSPS) is 15.4. The van der Waals surface area contributed by atoms with E-state index in [1.807, 2.05) is 0 Å². The molecule has 0 spiro atoms. The van der Waals surface area contributed by atoms with Crippen molar-refractivity contribution in [3.63, 3.8) is 0 Å². The van der Waals surface area contributed by atoms with E-state index < -0.39 is 12.0 Å². The van der Waals surface area contributed by atoms with Gasteiger partial charge in [-0.25, -0.2) is 9.48 Å². The molecular weight excluding hydrogens is 326 g/mol. The summed E-state index contributed by atoms with van der Waals surface area (Å²) < 4.78 is 6.32. The first-order valence-corrected chi connectivity index (χ1v) is 7.79. The predicted molar refractivity (Wildman–Crippen MR) is 88.1 cm³/mol. The van der Waals surface area contributed by atoms with E-state index in [1.54, 1.807) is 38.1 Å². The van der Waals surface area contributed by atoms with Gasteiger partial charge in [0, 0.05) is 5.69 Å². The first kappa shape index (κ1) is 16.6. The van der Waals surface area contributed by atoms with Gasteiger partial charge in [0.25, 0.3) is 5.91 Å². The van der Waals surface area contributed by atoms with Crippen LogP contribution in [0.1, 0.15) is 35.6 Å². The lowest BCUT2D eigenvalue weighted by molar-refractivity contribution is -0.123. The first-order chi connectivity index (χ1) is 12.0. The Kier molecular flexibility index (Phi) is 4.46. The van der Waals surface area contributed by atoms with Gasteiger partial charge in [-0.05, 0) is 38.1 Å². The smallest absolute Gasteiger partial charge is 0.338 e. The molecule has 9 nitrogen and oxygen atoms in total. The summed E-state index contributed by atoms with van der Waals surface area (Å²) in [5.41, 5.74) is 0.921. The van der Waals surface area contributed by atoms with Crippen LogP contribution in [-0.2, 0) is 14.3 Å². The molecule has 2 heterocycles. The molecule has 1 atom stereocenters. The highest BCUT2D eigenvalue weighted by Crippen LogP contribution is 2.25. The highest BCUT2D eigenvalue weighted by molar-refractivity contribution is 6.01. The molecular formula is C16H17N5O4. The summed E-state index contributed by atoms with van der Waals surface area (Å²) in [5, 5.41) is 9.40. The van der Waals surface area contributed by atoms with Crippen LogP contribution in [-0.4, -0.2) is 39.2 Å². The van der Waals surface area contributed by atoms with Crippen molar-refractivity contribution in [2.24, 2.45) is 0 Å². The summed E-state index contributed by atoms with van der Waals surface area (Å²) in [7, 11) is 0. The zero-order valence-electron chi connectivity index (χ0n) is 13.8. The molecule has 1 aliphatic rings. The van der Waals surface area contributed by atoms with Crippen molar-refractivity contribution >= 4 is 29.4 Å². The molecule has 1 aromatic heterocycles. The van der Waals surface area contributed by atoms with Crippen LogP contribution in [0.25, 0.3) is 0 Å². The Labute approximate surface area is 143 Å². The number of nitrogens with zero attached hydrogens (tertiary/aromatic N) is 3. The maximum Gasteiger partial charge on any atom is 0.338 e. The highest BCUT2D eigenvalue weighted by Gasteiger charge is 2.34. The van der Waals surface area contributed by atoms with E-state index in [0.717, 1.165) is 0 Å². The molecule has 25 heavy (non-hydrogen) atoms. The van der Waals surface area contributed by atoms with Crippen molar-refractivity contribution in [2.45, 2.75) is 26.3 Å². The number of benzene rings is 1. The number of aromatic nitrogens is 3. The topological polar surface area (TPSA) is 115 Å². The van der Waals surface area contributed by atoms with E-state index in [2.05, 4.69) is 20.7 Å². The van der Waals surface area contributed by atoms with Crippen LogP contribution in [0, 0.1) is 6.92 Å². The number of amides is 2. The molecule has 3 rings (SSSR count). The zero-order valence-corrected chi connectivity index (χ0v) is 13.8. The summed E-state index contributed by atoms with van der Waals surface area (Å²) in [6, 6.07) is 5.60. The van der Waals surface area contributed by atoms with Gasteiger partial charge in [-0.1, -0.05) is 0 Å². The number of nitrogens with one attached hydrogen (secondary N) is 2. The molecule has 9 heteroatoms. The largest absolute Gasteiger partial charge is 0.462 e. The van der Waals surface area contributed by atoms with Crippen molar-refractivity contribution in [2.75, 3.05) is 17.2 Å². The number of ether oxygens (including phenoxy) is 1. The summed E-state index contributed by atoms with van der Waals surface area (Å²) in [6.07, 6.45) is -0.0682. The highest BCUT2D eigenvalue weighted by atomic mass is 16.5. The van der Waals surface area contributed by atoms with Crippen LogP contribution >= 0.6 is 0 Å². The monoisotopic (exact) mass is 343 g/mol. The summed E-state index contributed by atoms with van der Waals surface area (Å²) in [4.78, 5) is 39.8. The fourth-order valence-electron chi connectivity index (χ4n) is 2.51. The minimum Gasteiger partial charge on any atom is -0.462 e. The fraction of sp³-hybridized carbons (Fsp3) is 0.312.